The third kappa shape index (κ3) is 1.52. The van der Waals surface area contributed by atoms with E-state index in [1.807, 2.05) is 4.98 Å². The molecular formula is C6H3BrF3NO. The molecule has 1 N–H and O–H groups in total. The lowest BCUT2D eigenvalue weighted by atomic mass is 10.3. The van der Waals surface area contributed by atoms with Crippen molar-refractivity contribution < 1.29 is 13.2 Å². The van der Waals surface area contributed by atoms with E-state index in [9.17, 15) is 18.0 Å². The van der Waals surface area contributed by atoms with Crippen LogP contribution in [0.5, 0.6) is 0 Å². The molecule has 0 spiro atoms. The fourth-order valence-corrected chi connectivity index (χ4v) is 1.00. The van der Waals surface area contributed by atoms with Crippen LogP contribution in [0.4, 0.5) is 13.2 Å². The quantitative estimate of drug-likeness (QED) is 0.752. The highest BCUT2D eigenvalue weighted by molar-refractivity contribution is 9.10. The topological polar surface area (TPSA) is 32.9 Å². The van der Waals surface area contributed by atoms with Gasteiger partial charge >= 0.3 is 0 Å². The molecule has 0 aliphatic heterocycles. The number of rotatable bonds is 1. The molecule has 0 aromatic carbocycles. The van der Waals surface area contributed by atoms with Crippen LogP contribution in [0.2, 0.25) is 0 Å². The van der Waals surface area contributed by atoms with Gasteiger partial charge in [-0.2, -0.15) is 4.39 Å². The van der Waals surface area contributed by atoms with Gasteiger partial charge in [0.15, 0.2) is 0 Å². The summed E-state index contributed by atoms with van der Waals surface area (Å²) in [6, 6.07) is 0. The molecule has 0 atom stereocenters. The molecule has 1 aromatic heterocycles. The number of halogens is 4. The highest BCUT2D eigenvalue weighted by atomic mass is 79.9. The number of hydrogen-bond acceptors (Lipinski definition) is 1. The minimum Gasteiger partial charge on any atom is -0.337 e. The van der Waals surface area contributed by atoms with Crippen LogP contribution >= 0.6 is 15.9 Å². The summed E-state index contributed by atoms with van der Waals surface area (Å²) in [7, 11) is 0. The highest BCUT2D eigenvalue weighted by Gasteiger charge is 2.15. The summed E-state index contributed by atoms with van der Waals surface area (Å²) in [6.45, 7) is 0. The molecule has 0 bridgehead atoms. The molecule has 1 aromatic rings. The van der Waals surface area contributed by atoms with Crippen molar-refractivity contribution in [1.29, 1.82) is 0 Å². The summed E-state index contributed by atoms with van der Waals surface area (Å²) in [5.41, 5.74) is -1.77. The molecule has 0 saturated heterocycles. The third-order valence-electron chi connectivity index (χ3n) is 1.24. The summed E-state index contributed by atoms with van der Waals surface area (Å²) in [6.07, 6.45) is -2.24. The summed E-state index contributed by atoms with van der Waals surface area (Å²) >= 11 is 2.55. The van der Waals surface area contributed by atoms with E-state index in [4.69, 9.17) is 0 Å². The van der Waals surface area contributed by atoms with Crippen LogP contribution in [0.15, 0.2) is 15.5 Å². The van der Waals surface area contributed by atoms with Crippen molar-refractivity contribution in [3.63, 3.8) is 0 Å². The Hall–Kier alpha value is -0.780. The van der Waals surface area contributed by atoms with E-state index < -0.39 is 27.8 Å². The fraction of sp³-hybridized carbons (Fsp3) is 0.167. The van der Waals surface area contributed by atoms with Crippen LogP contribution in [0.1, 0.15) is 12.0 Å². The van der Waals surface area contributed by atoms with Gasteiger partial charge in [-0.25, -0.2) is 8.78 Å². The smallest absolute Gasteiger partial charge is 0.269 e. The van der Waals surface area contributed by atoms with Gasteiger partial charge < -0.3 is 4.98 Å². The second-order valence-corrected chi connectivity index (χ2v) is 2.79. The highest BCUT2D eigenvalue weighted by Crippen LogP contribution is 2.16. The zero-order chi connectivity index (χ0) is 9.30. The molecule has 0 saturated carbocycles. The zero-order valence-electron chi connectivity index (χ0n) is 5.57. The Morgan fingerprint density at radius 2 is 2.08 bits per heavy atom. The molecule has 1 heterocycles. The molecule has 2 nitrogen and oxygen atoms in total. The van der Waals surface area contributed by atoms with Crippen molar-refractivity contribution in [3.8, 4) is 0 Å². The van der Waals surface area contributed by atoms with Gasteiger partial charge in [0.25, 0.3) is 6.43 Å². The van der Waals surface area contributed by atoms with Crippen molar-refractivity contribution in [2.45, 2.75) is 6.43 Å². The van der Waals surface area contributed by atoms with E-state index in [-0.39, 0.29) is 0 Å². The molecular weight excluding hydrogens is 239 g/mol. The molecule has 66 valence electrons. The molecule has 0 aliphatic rings. The summed E-state index contributed by atoms with van der Waals surface area (Å²) in [5, 5.41) is 0. The summed E-state index contributed by atoms with van der Waals surface area (Å²) in [5.74, 6) is -0.954. The first-order valence-corrected chi connectivity index (χ1v) is 3.68. The standard InChI is InChI=1S/C6H3BrF3NO/c7-3-4(12)2(5(8)9)1-11-6(3)10/h1,5H,(H,11,12). The first-order valence-electron chi connectivity index (χ1n) is 2.88. The average Bonchev–Trinajstić information content (AvgIpc) is 2.00. The number of aromatic nitrogens is 1. The lowest BCUT2D eigenvalue weighted by Crippen LogP contribution is -2.12. The van der Waals surface area contributed by atoms with Crippen LogP contribution in [0.25, 0.3) is 0 Å². The average molecular weight is 242 g/mol. The van der Waals surface area contributed by atoms with E-state index in [2.05, 4.69) is 15.9 Å². The third-order valence-corrected chi connectivity index (χ3v) is 1.95. The number of aromatic amines is 1. The molecule has 0 fully saturated rings. The zero-order valence-corrected chi connectivity index (χ0v) is 7.16. The second-order valence-electron chi connectivity index (χ2n) is 2.00. The maximum absolute atomic E-state index is 12.5. The number of hydrogen-bond donors (Lipinski definition) is 1. The van der Waals surface area contributed by atoms with Gasteiger partial charge in [-0.3, -0.25) is 4.79 Å². The number of nitrogens with one attached hydrogen (secondary N) is 1. The predicted molar refractivity (Wildman–Crippen MR) is 39.7 cm³/mol. The van der Waals surface area contributed by atoms with Gasteiger partial charge in [-0.15, -0.1) is 0 Å². The van der Waals surface area contributed by atoms with Crippen LogP contribution in [-0.4, -0.2) is 4.98 Å². The van der Waals surface area contributed by atoms with Gasteiger partial charge in [0.2, 0.25) is 11.4 Å². The second kappa shape index (κ2) is 3.30. The van der Waals surface area contributed by atoms with Crippen molar-refractivity contribution in [2.75, 3.05) is 0 Å². The Morgan fingerprint density at radius 3 is 2.58 bits per heavy atom. The molecule has 6 heteroatoms. The maximum Gasteiger partial charge on any atom is 0.269 e. The van der Waals surface area contributed by atoms with Gasteiger partial charge in [0.1, 0.15) is 4.47 Å². The van der Waals surface area contributed by atoms with Crippen molar-refractivity contribution in [2.24, 2.45) is 0 Å². The predicted octanol–water partition coefficient (Wildman–Crippen LogP) is 2.21. The van der Waals surface area contributed by atoms with E-state index in [1.165, 1.54) is 0 Å². The Kier molecular flexibility index (Phi) is 2.56. The molecule has 1 rings (SSSR count). The first kappa shape index (κ1) is 9.31. The van der Waals surface area contributed by atoms with E-state index >= 15 is 0 Å². The van der Waals surface area contributed by atoms with Crippen LogP contribution in [0.3, 0.4) is 0 Å². The molecule has 0 aliphatic carbocycles. The largest absolute Gasteiger partial charge is 0.337 e. The van der Waals surface area contributed by atoms with E-state index in [0.29, 0.717) is 6.20 Å². The van der Waals surface area contributed by atoms with Crippen molar-refractivity contribution in [1.82, 2.24) is 4.98 Å². The Balaban J connectivity index is 3.37. The minimum absolute atomic E-state index is 0.500. The first-order chi connectivity index (χ1) is 5.54. The van der Waals surface area contributed by atoms with E-state index in [1.54, 1.807) is 0 Å². The lowest BCUT2D eigenvalue weighted by molar-refractivity contribution is 0.149. The molecule has 0 radical (unpaired) electrons. The Morgan fingerprint density at radius 1 is 1.50 bits per heavy atom. The van der Waals surface area contributed by atoms with E-state index in [0.717, 1.165) is 0 Å². The summed E-state index contributed by atoms with van der Waals surface area (Å²) in [4.78, 5) is 12.7. The monoisotopic (exact) mass is 241 g/mol. The normalized spacial score (nSPS) is 10.8. The van der Waals surface area contributed by atoms with Crippen molar-refractivity contribution in [3.05, 3.63) is 32.4 Å². The number of pyridine rings is 1. The van der Waals surface area contributed by atoms with Crippen LogP contribution in [0, 0.1) is 5.95 Å². The Labute approximate surface area is 73.5 Å². The lowest BCUT2D eigenvalue weighted by Gasteiger charge is -1.99. The van der Waals surface area contributed by atoms with Gasteiger partial charge in [0.05, 0.1) is 5.56 Å². The SMILES string of the molecule is O=c1c(C(F)F)c[nH]c(F)c1Br. The Bertz CT molecular complexity index is 349. The molecule has 0 amide bonds. The molecule has 12 heavy (non-hydrogen) atoms. The fourth-order valence-electron chi connectivity index (χ4n) is 0.659. The summed E-state index contributed by atoms with van der Waals surface area (Å²) < 4.78 is 35.9. The minimum atomic E-state index is -2.90. The van der Waals surface area contributed by atoms with Gasteiger partial charge in [-0.05, 0) is 15.9 Å². The molecule has 0 unspecified atom stereocenters. The van der Waals surface area contributed by atoms with Gasteiger partial charge in [0, 0.05) is 6.20 Å². The number of alkyl halides is 2. The van der Waals surface area contributed by atoms with Crippen LogP contribution in [-0.2, 0) is 0 Å². The number of H-pyrrole nitrogens is 1. The van der Waals surface area contributed by atoms with Gasteiger partial charge in [-0.1, -0.05) is 0 Å². The van der Waals surface area contributed by atoms with Crippen LogP contribution < -0.4 is 5.43 Å². The maximum atomic E-state index is 12.5. The van der Waals surface area contributed by atoms with Crippen molar-refractivity contribution >= 4 is 15.9 Å².